The van der Waals surface area contributed by atoms with E-state index in [9.17, 15) is 5.11 Å². The van der Waals surface area contributed by atoms with Crippen LogP contribution in [0.4, 0.5) is 0 Å². The number of hydrogen-bond acceptors (Lipinski definition) is 5. The predicted octanol–water partition coefficient (Wildman–Crippen LogP) is 1.95. The summed E-state index contributed by atoms with van der Waals surface area (Å²) in [6, 6.07) is 14.2. The fourth-order valence-electron chi connectivity index (χ4n) is 3.26. The molecule has 6 nitrogen and oxygen atoms in total. The van der Waals surface area contributed by atoms with Crippen LogP contribution in [0.25, 0.3) is 0 Å². The van der Waals surface area contributed by atoms with Crippen molar-refractivity contribution >= 4 is 0 Å². The van der Waals surface area contributed by atoms with E-state index < -0.39 is 6.10 Å². The summed E-state index contributed by atoms with van der Waals surface area (Å²) in [6.07, 6.45) is 6.42. The number of ether oxygens (including phenoxy) is 1. The minimum atomic E-state index is -0.505. The molecule has 4 rings (SSSR count). The lowest BCUT2D eigenvalue weighted by Crippen LogP contribution is -2.29. The van der Waals surface area contributed by atoms with Gasteiger partial charge >= 0.3 is 0 Å². The van der Waals surface area contributed by atoms with Gasteiger partial charge in [0.25, 0.3) is 0 Å². The average Bonchev–Trinajstić information content (AvgIpc) is 3.23. The molecular formula is C20H22N4O2. The normalized spacial score (nSPS) is 20.3. The van der Waals surface area contributed by atoms with Crippen molar-refractivity contribution in [2.75, 3.05) is 13.1 Å². The first-order valence-electron chi connectivity index (χ1n) is 8.78. The van der Waals surface area contributed by atoms with Crippen LogP contribution in [-0.2, 0) is 13.1 Å². The number of hydrogen-bond donors (Lipinski definition) is 1. The Balaban J connectivity index is 1.34. The molecular weight excluding hydrogens is 328 g/mol. The molecule has 1 aliphatic rings. The van der Waals surface area contributed by atoms with Crippen molar-refractivity contribution in [3.8, 4) is 5.75 Å². The van der Waals surface area contributed by atoms with E-state index in [1.165, 1.54) is 11.1 Å². The molecule has 0 bridgehead atoms. The van der Waals surface area contributed by atoms with E-state index in [0.29, 0.717) is 25.4 Å². The highest BCUT2D eigenvalue weighted by Gasteiger charge is 2.33. The molecule has 134 valence electrons. The summed E-state index contributed by atoms with van der Waals surface area (Å²) in [5.41, 5.74) is 2.37. The molecule has 2 atom stereocenters. The fraction of sp³-hybridized carbons (Fsp3) is 0.300. The third kappa shape index (κ3) is 4.09. The van der Waals surface area contributed by atoms with Gasteiger partial charge < -0.3 is 9.84 Å². The van der Waals surface area contributed by atoms with Crippen LogP contribution in [0.5, 0.6) is 5.75 Å². The Bertz CT molecular complexity index is 822. The summed E-state index contributed by atoms with van der Waals surface area (Å²) in [5.74, 6) is 0.691. The maximum atomic E-state index is 10.3. The van der Waals surface area contributed by atoms with Crippen molar-refractivity contribution in [3.05, 3.63) is 78.4 Å². The van der Waals surface area contributed by atoms with Gasteiger partial charge in [-0.3, -0.25) is 14.6 Å². The summed E-state index contributed by atoms with van der Waals surface area (Å²) < 4.78 is 7.83. The van der Waals surface area contributed by atoms with E-state index in [2.05, 4.69) is 27.1 Å². The van der Waals surface area contributed by atoms with Gasteiger partial charge in [-0.2, -0.15) is 5.10 Å². The molecule has 26 heavy (non-hydrogen) atoms. The molecule has 0 aliphatic carbocycles. The molecule has 0 radical (unpaired) electrons. The minimum Gasteiger partial charge on any atom is -0.483 e. The Morgan fingerprint density at radius 1 is 1.00 bits per heavy atom. The zero-order chi connectivity index (χ0) is 17.8. The monoisotopic (exact) mass is 350 g/mol. The average molecular weight is 350 g/mol. The molecule has 0 amide bonds. The Morgan fingerprint density at radius 2 is 1.77 bits per heavy atom. The minimum absolute atomic E-state index is 0.244. The molecule has 3 aromatic rings. The van der Waals surface area contributed by atoms with Crippen LogP contribution in [0.3, 0.4) is 0 Å². The van der Waals surface area contributed by atoms with Gasteiger partial charge in [0.15, 0.2) is 5.75 Å². The molecule has 0 spiro atoms. The predicted molar refractivity (Wildman–Crippen MR) is 97.7 cm³/mol. The van der Waals surface area contributed by atoms with Crippen LogP contribution >= 0.6 is 0 Å². The highest BCUT2D eigenvalue weighted by atomic mass is 16.5. The Morgan fingerprint density at radius 3 is 2.58 bits per heavy atom. The number of likely N-dealkylation sites (tertiary alicyclic amines) is 1. The molecule has 6 heteroatoms. The van der Waals surface area contributed by atoms with Gasteiger partial charge in [-0.1, -0.05) is 30.3 Å². The van der Waals surface area contributed by atoms with Crippen LogP contribution < -0.4 is 4.74 Å². The van der Waals surface area contributed by atoms with Crippen LogP contribution in [0.15, 0.2) is 67.3 Å². The number of rotatable bonds is 6. The van der Waals surface area contributed by atoms with E-state index in [4.69, 9.17) is 4.74 Å². The highest BCUT2D eigenvalue weighted by molar-refractivity contribution is 5.18. The van der Waals surface area contributed by atoms with E-state index in [-0.39, 0.29) is 6.10 Å². The van der Waals surface area contributed by atoms with Crippen molar-refractivity contribution in [1.29, 1.82) is 0 Å². The molecule has 2 aromatic heterocycles. The standard InChI is InChI=1S/C20H22N4O2/c25-19-14-23(11-17-6-8-21-9-7-17)15-20(19)26-18-10-22-24(13-18)12-16-4-2-1-3-5-16/h1-10,13,19-20,25H,11-12,14-15H2/t19-,20-/m1/s1. The molecule has 0 saturated carbocycles. The van der Waals surface area contributed by atoms with Gasteiger partial charge in [0.2, 0.25) is 0 Å². The zero-order valence-electron chi connectivity index (χ0n) is 14.5. The van der Waals surface area contributed by atoms with E-state index >= 15 is 0 Å². The van der Waals surface area contributed by atoms with Crippen molar-refractivity contribution < 1.29 is 9.84 Å². The van der Waals surface area contributed by atoms with Crippen molar-refractivity contribution in [1.82, 2.24) is 19.7 Å². The van der Waals surface area contributed by atoms with E-state index in [0.717, 1.165) is 6.54 Å². The first kappa shape index (κ1) is 16.8. The molecule has 1 fully saturated rings. The molecule has 1 aliphatic heterocycles. The number of nitrogens with zero attached hydrogens (tertiary/aromatic N) is 4. The second-order valence-corrected chi connectivity index (χ2v) is 6.63. The maximum absolute atomic E-state index is 10.3. The first-order chi connectivity index (χ1) is 12.8. The largest absolute Gasteiger partial charge is 0.483 e. The van der Waals surface area contributed by atoms with Crippen molar-refractivity contribution in [2.45, 2.75) is 25.3 Å². The maximum Gasteiger partial charge on any atom is 0.157 e. The van der Waals surface area contributed by atoms with E-state index in [1.807, 2.05) is 41.2 Å². The summed E-state index contributed by atoms with van der Waals surface area (Å²) >= 11 is 0. The van der Waals surface area contributed by atoms with Crippen LogP contribution in [0.2, 0.25) is 0 Å². The second kappa shape index (κ2) is 7.68. The van der Waals surface area contributed by atoms with Crippen LogP contribution in [-0.4, -0.2) is 50.1 Å². The first-order valence-corrected chi connectivity index (χ1v) is 8.78. The third-order valence-corrected chi connectivity index (χ3v) is 4.55. The Labute approximate surface area is 152 Å². The summed E-state index contributed by atoms with van der Waals surface area (Å²) in [6.45, 7) is 2.77. The number of aliphatic hydroxyl groups is 1. The quantitative estimate of drug-likeness (QED) is 0.736. The summed E-state index contributed by atoms with van der Waals surface area (Å²) in [4.78, 5) is 6.23. The number of pyridine rings is 1. The fourth-order valence-corrected chi connectivity index (χ4v) is 3.26. The smallest absolute Gasteiger partial charge is 0.157 e. The number of β-amino-alcohol motifs (C(OH)–C–C–N with tert-alkyl or cyclic N) is 1. The Kier molecular flexibility index (Phi) is 4.95. The van der Waals surface area contributed by atoms with Gasteiger partial charge in [0, 0.05) is 32.0 Å². The summed E-state index contributed by atoms with van der Waals surface area (Å²) in [7, 11) is 0. The number of aromatic nitrogens is 3. The van der Waals surface area contributed by atoms with Gasteiger partial charge in [-0.25, -0.2) is 0 Å². The third-order valence-electron chi connectivity index (χ3n) is 4.55. The molecule has 0 unspecified atom stereocenters. The number of aliphatic hydroxyl groups excluding tert-OH is 1. The number of benzene rings is 1. The zero-order valence-corrected chi connectivity index (χ0v) is 14.5. The second-order valence-electron chi connectivity index (χ2n) is 6.63. The van der Waals surface area contributed by atoms with Crippen molar-refractivity contribution in [3.63, 3.8) is 0 Å². The lowest BCUT2D eigenvalue weighted by atomic mass is 10.2. The summed E-state index contributed by atoms with van der Waals surface area (Å²) in [5, 5.41) is 14.7. The molecule has 1 saturated heterocycles. The SMILES string of the molecule is O[C@@H]1CN(Cc2ccncc2)C[C@H]1Oc1cnn(Cc2ccccc2)c1. The lowest BCUT2D eigenvalue weighted by Gasteiger charge is -2.16. The van der Waals surface area contributed by atoms with Gasteiger partial charge in [-0.05, 0) is 23.3 Å². The molecule has 1 aromatic carbocycles. The van der Waals surface area contributed by atoms with E-state index in [1.54, 1.807) is 18.6 Å². The van der Waals surface area contributed by atoms with Crippen LogP contribution in [0, 0.1) is 0 Å². The van der Waals surface area contributed by atoms with Gasteiger partial charge in [-0.15, -0.1) is 0 Å². The Hall–Kier alpha value is -2.70. The molecule has 3 heterocycles. The lowest BCUT2D eigenvalue weighted by molar-refractivity contribution is 0.0736. The van der Waals surface area contributed by atoms with Crippen molar-refractivity contribution in [2.24, 2.45) is 0 Å². The molecule has 1 N–H and O–H groups in total. The van der Waals surface area contributed by atoms with Gasteiger partial charge in [0.1, 0.15) is 12.2 Å². The topological polar surface area (TPSA) is 63.4 Å². The van der Waals surface area contributed by atoms with Crippen LogP contribution in [0.1, 0.15) is 11.1 Å². The highest BCUT2D eigenvalue weighted by Crippen LogP contribution is 2.20. The van der Waals surface area contributed by atoms with Gasteiger partial charge in [0.05, 0.1) is 18.9 Å².